The quantitative estimate of drug-likeness (QED) is 0.775. The van der Waals surface area contributed by atoms with Gasteiger partial charge in [-0.15, -0.1) is 0 Å². The predicted molar refractivity (Wildman–Crippen MR) is 75.5 cm³/mol. The van der Waals surface area contributed by atoms with E-state index < -0.39 is 12.1 Å². The van der Waals surface area contributed by atoms with Crippen LogP contribution in [-0.4, -0.2) is 54.3 Å². The number of rotatable bonds is 3. The van der Waals surface area contributed by atoms with Crippen LogP contribution < -0.4 is 0 Å². The zero-order valence-corrected chi connectivity index (χ0v) is 13.1. The standard InChI is InChI=1S/C13H17BrN2O4/c1-3-15-7-9(14)6-10(15)12(17)16-4-5-20-11(8-16)13(18)19-2/h6-7,11H,3-5,8H2,1-2H3. The fraction of sp³-hybridized carbons (Fsp3) is 0.538. The molecule has 1 aliphatic heterocycles. The van der Waals surface area contributed by atoms with Gasteiger partial charge in [0, 0.05) is 23.8 Å². The van der Waals surface area contributed by atoms with Crippen LogP contribution >= 0.6 is 15.9 Å². The summed E-state index contributed by atoms with van der Waals surface area (Å²) < 4.78 is 12.7. The SMILES string of the molecule is CCn1cc(Br)cc1C(=O)N1CCOC(C(=O)OC)C1. The van der Waals surface area contributed by atoms with E-state index in [4.69, 9.17) is 4.74 Å². The number of ether oxygens (including phenoxy) is 2. The predicted octanol–water partition coefficient (Wildman–Crippen LogP) is 1.28. The molecule has 0 saturated carbocycles. The molecule has 1 saturated heterocycles. The van der Waals surface area contributed by atoms with Gasteiger partial charge in [-0.2, -0.15) is 0 Å². The largest absolute Gasteiger partial charge is 0.467 e. The number of aromatic nitrogens is 1. The summed E-state index contributed by atoms with van der Waals surface area (Å²) in [5, 5.41) is 0. The van der Waals surface area contributed by atoms with E-state index in [2.05, 4.69) is 20.7 Å². The van der Waals surface area contributed by atoms with Crippen molar-refractivity contribution < 1.29 is 19.1 Å². The second-order valence-corrected chi connectivity index (χ2v) is 5.38. The van der Waals surface area contributed by atoms with Gasteiger partial charge in [0.2, 0.25) is 0 Å². The molecule has 0 radical (unpaired) electrons. The van der Waals surface area contributed by atoms with Gasteiger partial charge >= 0.3 is 5.97 Å². The van der Waals surface area contributed by atoms with Crippen molar-refractivity contribution >= 4 is 27.8 Å². The molecule has 0 N–H and O–H groups in total. The van der Waals surface area contributed by atoms with Gasteiger partial charge in [0.05, 0.1) is 20.3 Å². The van der Waals surface area contributed by atoms with E-state index in [9.17, 15) is 9.59 Å². The van der Waals surface area contributed by atoms with Crippen molar-refractivity contribution in [2.45, 2.75) is 19.6 Å². The van der Waals surface area contributed by atoms with Crippen LogP contribution in [0.4, 0.5) is 0 Å². The van der Waals surface area contributed by atoms with Crippen molar-refractivity contribution in [1.29, 1.82) is 0 Å². The molecule has 0 aromatic carbocycles. The molecule has 1 amide bonds. The van der Waals surface area contributed by atoms with Gasteiger partial charge < -0.3 is 18.9 Å². The fourth-order valence-corrected chi connectivity index (χ4v) is 2.65. The van der Waals surface area contributed by atoms with Crippen molar-refractivity contribution in [2.75, 3.05) is 26.8 Å². The van der Waals surface area contributed by atoms with Crippen LogP contribution in [0, 0.1) is 0 Å². The van der Waals surface area contributed by atoms with E-state index in [0.29, 0.717) is 25.4 Å². The van der Waals surface area contributed by atoms with Crippen LogP contribution in [0.15, 0.2) is 16.7 Å². The lowest BCUT2D eigenvalue weighted by Crippen LogP contribution is -2.49. The van der Waals surface area contributed by atoms with Crippen LogP contribution in [0.1, 0.15) is 17.4 Å². The van der Waals surface area contributed by atoms with Gasteiger partial charge in [-0.25, -0.2) is 4.79 Å². The second-order valence-electron chi connectivity index (χ2n) is 4.46. The number of methoxy groups -OCH3 is 1. The van der Waals surface area contributed by atoms with E-state index in [1.165, 1.54) is 7.11 Å². The third kappa shape index (κ3) is 3.04. The van der Waals surface area contributed by atoms with Crippen LogP contribution in [0.2, 0.25) is 0 Å². The zero-order valence-electron chi connectivity index (χ0n) is 11.5. The average Bonchev–Trinajstić information content (AvgIpc) is 2.86. The highest BCUT2D eigenvalue weighted by Crippen LogP contribution is 2.18. The van der Waals surface area contributed by atoms with Crippen molar-refractivity contribution in [3.05, 3.63) is 22.4 Å². The number of amides is 1. The molecule has 6 nitrogen and oxygen atoms in total. The number of nitrogens with zero attached hydrogens (tertiary/aromatic N) is 2. The second kappa shape index (κ2) is 6.41. The van der Waals surface area contributed by atoms with Crippen molar-refractivity contribution in [2.24, 2.45) is 0 Å². The molecule has 2 rings (SSSR count). The Balaban J connectivity index is 2.14. The lowest BCUT2D eigenvalue weighted by atomic mass is 10.2. The van der Waals surface area contributed by atoms with Crippen LogP contribution in [0.5, 0.6) is 0 Å². The van der Waals surface area contributed by atoms with Gasteiger partial charge in [0.1, 0.15) is 5.69 Å². The maximum absolute atomic E-state index is 12.5. The minimum Gasteiger partial charge on any atom is -0.467 e. The molecule has 1 aromatic heterocycles. The van der Waals surface area contributed by atoms with Gasteiger partial charge in [0.15, 0.2) is 6.10 Å². The fourth-order valence-electron chi connectivity index (χ4n) is 2.19. The molecule has 1 aliphatic rings. The minimum atomic E-state index is -0.703. The summed E-state index contributed by atoms with van der Waals surface area (Å²) in [6.07, 6.45) is 1.16. The van der Waals surface area contributed by atoms with Crippen molar-refractivity contribution in [1.82, 2.24) is 9.47 Å². The number of morpholine rings is 1. The number of hydrogen-bond acceptors (Lipinski definition) is 4. The molecule has 110 valence electrons. The van der Waals surface area contributed by atoms with E-state index >= 15 is 0 Å². The Morgan fingerprint density at radius 3 is 2.95 bits per heavy atom. The maximum Gasteiger partial charge on any atom is 0.336 e. The summed E-state index contributed by atoms with van der Waals surface area (Å²) in [6, 6.07) is 1.79. The first kappa shape index (κ1) is 15.1. The number of carbonyl (C=O) groups excluding carboxylic acids is 2. The Kier molecular flexibility index (Phi) is 4.82. The Hall–Kier alpha value is -1.34. The van der Waals surface area contributed by atoms with E-state index in [-0.39, 0.29) is 12.5 Å². The number of hydrogen-bond donors (Lipinski definition) is 0. The van der Waals surface area contributed by atoms with Crippen molar-refractivity contribution in [3.8, 4) is 0 Å². The summed E-state index contributed by atoms with van der Waals surface area (Å²) in [4.78, 5) is 25.7. The molecule has 1 atom stereocenters. The number of carbonyl (C=O) groups is 2. The smallest absolute Gasteiger partial charge is 0.336 e. The van der Waals surface area contributed by atoms with E-state index in [1.807, 2.05) is 17.7 Å². The molecule has 20 heavy (non-hydrogen) atoms. The van der Waals surface area contributed by atoms with E-state index in [0.717, 1.165) is 4.47 Å². The number of halogens is 1. The highest BCUT2D eigenvalue weighted by atomic mass is 79.9. The highest BCUT2D eigenvalue weighted by Gasteiger charge is 2.31. The Morgan fingerprint density at radius 1 is 1.55 bits per heavy atom. The first-order valence-corrected chi connectivity index (χ1v) is 7.20. The number of aryl methyl sites for hydroxylation is 1. The number of esters is 1. The lowest BCUT2D eigenvalue weighted by molar-refractivity contribution is -0.158. The normalized spacial score (nSPS) is 18.9. The average molecular weight is 345 g/mol. The Morgan fingerprint density at radius 2 is 2.30 bits per heavy atom. The Labute approximate surface area is 125 Å². The molecule has 1 unspecified atom stereocenters. The van der Waals surface area contributed by atoms with Gasteiger partial charge in [-0.3, -0.25) is 4.79 Å². The maximum atomic E-state index is 12.5. The summed E-state index contributed by atoms with van der Waals surface area (Å²) in [5.41, 5.74) is 0.602. The molecular weight excluding hydrogens is 328 g/mol. The van der Waals surface area contributed by atoms with Crippen molar-refractivity contribution in [3.63, 3.8) is 0 Å². The molecule has 7 heteroatoms. The zero-order chi connectivity index (χ0) is 14.7. The van der Waals surface area contributed by atoms with Gasteiger partial charge in [0.25, 0.3) is 5.91 Å². The van der Waals surface area contributed by atoms with Gasteiger partial charge in [-0.05, 0) is 28.9 Å². The van der Waals surface area contributed by atoms with Crippen LogP contribution in [-0.2, 0) is 20.8 Å². The monoisotopic (exact) mass is 344 g/mol. The molecule has 0 aliphatic carbocycles. The third-order valence-electron chi connectivity index (χ3n) is 3.24. The summed E-state index contributed by atoms with van der Waals surface area (Å²) in [7, 11) is 1.31. The van der Waals surface area contributed by atoms with Crippen LogP contribution in [0.25, 0.3) is 0 Å². The van der Waals surface area contributed by atoms with Crippen LogP contribution in [0.3, 0.4) is 0 Å². The summed E-state index contributed by atoms with van der Waals surface area (Å²) in [6.45, 7) is 3.70. The third-order valence-corrected chi connectivity index (χ3v) is 3.67. The first-order chi connectivity index (χ1) is 9.56. The molecular formula is C13H17BrN2O4. The molecule has 1 fully saturated rings. The molecule has 1 aromatic rings. The molecule has 0 bridgehead atoms. The minimum absolute atomic E-state index is 0.102. The summed E-state index contributed by atoms with van der Waals surface area (Å²) in [5.74, 6) is -0.552. The molecule has 2 heterocycles. The molecule has 0 spiro atoms. The lowest BCUT2D eigenvalue weighted by Gasteiger charge is -2.31. The summed E-state index contributed by atoms with van der Waals surface area (Å²) >= 11 is 3.37. The first-order valence-electron chi connectivity index (χ1n) is 6.41. The highest BCUT2D eigenvalue weighted by molar-refractivity contribution is 9.10. The van der Waals surface area contributed by atoms with E-state index in [1.54, 1.807) is 11.0 Å². The Bertz CT molecular complexity index is 514. The topological polar surface area (TPSA) is 60.8 Å². The van der Waals surface area contributed by atoms with Gasteiger partial charge in [-0.1, -0.05) is 0 Å².